The molecule has 0 spiro atoms. The molecule has 7 aromatic rings. The molecule has 0 radical (unpaired) electrons. The molecule has 5 aromatic carbocycles. The molecule has 9 rings (SSSR count). The molecular weight excluding hydrogens is 580 g/mol. The summed E-state index contributed by atoms with van der Waals surface area (Å²) >= 11 is 0. The Balaban J connectivity index is 1.20. The fourth-order valence-corrected chi connectivity index (χ4v) is 7.32. The Bertz CT molecular complexity index is 2640. The number of hydrogen-bond acceptors (Lipinski definition) is 5. The molecule has 2 atom stereocenters. The van der Waals surface area contributed by atoms with Crippen LogP contribution in [0.15, 0.2) is 109 Å². The molecular formula is C40H20N6O. The SMILES string of the molecule is N#Cc1ccc2c(c1)c1cc(C#N)ccc1n2C1=CC=CC2c3cc(-n4c5ccc(C#N)cc5c5cc(C#N)ccc54)ccc3OC12. The van der Waals surface area contributed by atoms with Gasteiger partial charge in [-0.25, -0.2) is 0 Å². The Morgan fingerprint density at radius 3 is 1.47 bits per heavy atom. The Labute approximate surface area is 268 Å². The molecule has 3 heterocycles. The second-order valence-corrected chi connectivity index (χ2v) is 11.8. The highest BCUT2D eigenvalue weighted by Crippen LogP contribution is 2.48. The molecule has 2 aromatic heterocycles. The summed E-state index contributed by atoms with van der Waals surface area (Å²) in [5, 5.41) is 42.1. The lowest BCUT2D eigenvalue weighted by Crippen LogP contribution is -2.24. The molecule has 0 bridgehead atoms. The highest BCUT2D eigenvalue weighted by Gasteiger charge is 2.38. The molecule has 0 fully saturated rings. The van der Waals surface area contributed by atoms with Crippen molar-refractivity contribution < 1.29 is 4.74 Å². The van der Waals surface area contributed by atoms with E-state index in [-0.39, 0.29) is 12.0 Å². The van der Waals surface area contributed by atoms with Crippen LogP contribution in [0.3, 0.4) is 0 Å². The maximum absolute atomic E-state index is 9.63. The van der Waals surface area contributed by atoms with Gasteiger partial charge in [-0.2, -0.15) is 21.0 Å². The standard InChI is InChI=1S/C40H20N6O/c41-19-23-4-9-34-29(14-23)30-15-24(20-42)5-10-35(30)45(34)27-8-13-39-33(18-27)28-2-1-3-38(40(28)47-39)46-36-11-6-25(21-43)16-31(36)32-17-26(22-44)7-12-37(32)46/h1-18,28,40H. The predicted octanol–water partition coefficient (Wildman–Crippen LogP) is 8.33. The smallest absolute Gasteiger partial charge is 0.149 e. The van der Waals surface area contributed by atoms with Crippen molar-refractivity contribution in [2.75, 3.05) is 0 Å². The van der Waals surface area contributed by atoms with E-state index in [0.717, 1.165) is 66.3 Å². The van der Waals surface area contributed by atoms with Crippen molar-refractivity contribution in [1.82, 2.24) is 9.13 Å². The van der Waals surface area contributed by atoms with E-state index in [0.29, 0.717) is 22.3 Å². The molecule has 2 aliphatic rings. The molecule has 2 unspecified atom stereocenters. The van der Waals surface area contributed by atoms with E-state index in [9.17, 15) is 21.0 Å². The van der Waals surface area contributed by atoms with E-state index in [1.165, 1.54) is 0 Å². The van der Waals surface area contributed by atoms with Crippen molar-refractivity contribution in [2.24, 2.45) is 0 Å². The van der Waals surface area contributed by atoms with Gasteiger partial charge in [-0.3, -0.25) is 0 Å². The van der Waals surface area contributed by atoms with Crippen molar-refractivity contribution >= 4 is 49.3 Å². The Hall–Kier alpha value is -7.06. The number of allylic oxidation sites excluding steroid dienone is 2. The zero-order chi connectivity index (χ0) is 31.8. The van der Waals surface area contributed by atoms with Crippen LogP contribution in [0.1, 0.15) is 33.7 Å². The van der Waals surface area contributed by atoms with Crippen molar-refractivity contribution in [1.29, 1.82) is 21.0 Å². The normalized spacial score (nSPS) is 16.2. The van der Waals surface area contributed by atoms with Crippen molar-refractivity contribution in [3.63, 3.8) is 0 Å². The maximum Gasteiger partial charge on any atom is 0.149 e. The fraction of sp³-hybridized carbons (Fsp3) is 0.0500. The van der Waals surface area contributed by atoms with Gasteiger partial charge in [0.2, 0.25) is 0 Å². The van der Waals surface area contributed by atoms with E-state index in [2.05, 4.69) is 57.7 Å². The topological polar surface area (TPSA) is 114 Å². The van der Waals surface area contributed by atoms with Crippen molar-refractivity contribution in [3.8, 4) is 35.7 Å². The van der Waals surface area contributed by atoms with Crippen molar-refractivity contribution in [2.45, 2.75) is 12.0 Å². The van der Waals surface area contributed by atoms with Crippen LogP contribution in [-0.2, 0) is 0 Å². The van der Waals surface area contributed by atoms with Gasteiger partial charge in [-0.1, -0.05) is 12.2 Å². The van der Waals surface area contributed by atoms with Crippen LogP contribution in [0.5, 0.6) is 5.75 Å². The molecule has 1 aliphatic heterocycles. The van der Waals surface area contributed by atoms with Gasteiger partial charge in [0.25, 0.3) is 0 Å². The van der Waals surface area contributed by atoms with Crippen LogP contribution in [0.25, 0.3) is 55.0 Å². The lowest BCUT2D eigenvalue weighted by molar-refractivity contribution is 0.272. The van der Waals surface area contributed by atoms with E-state index in [1.807, 2.05) is 84.9 Å². The zero-order valence-corrected chi connectivity index (χ0v) is 24.6. The highest BCUT2D eigenvalue weighted by molar-refractivity contribution is 6.12. The number of fused-ring (bicyclic) bond motifs is 9. The quantitative estimate of drug-likeness (QED) is 0.198. The number of nitriles is 4. The van der Waals surface area contributed by atoms with Gasteiger partial charge in [0.15, 0.2) is 0 Å². The van der Waals surface area contributed by atoms with Gasteiger partial charge < -0.3 is 13.9 Å². The molecule has 7 heteroatoms. The van der Waals surface area contributed by atoms with Gasteiger partial charge in [-0.05, 0) is 97.1 Å². The van der Waals surface area contributed by atoms with Crippen LogP contribution in [0.2, 0.25) is 0 Å². The molecule has 0 N–H and O–H groups in total. The van der Waals surface area contributed by atoms with Gasteiger partial charge in [-0.15, -0.1) is 0 Å². The number of hydrogen-bond donors (Lipinski definition) is 0. The molecule has 0 saturated carbocycles. The summed E-state index contributed by atoms with van der Waals surface area (Å²) in [6.07, 6.45) is 6.02. The van der Waals surface area contributed by atoms with Gasteiger partial charge in [0, 0.05) is 38.7 Å². The minimum absolute atomic E-state index is 0.0577. The van der Waals surface area contributed by atoms with Gasteiger partial charge in [0.1, 0.15) is 11.9 Å². The Morgan fingerprint density at radius 2 is 1.00 bits per heavy atom. The van der Waals surface area contributed by atoms with Crippen LogP contribution in [-0.4, -0.2) is 15.2 Å². The molecule has 7 nitrogen and oxygen atoms in total. The first-order valence-electron chi connectivity index (χ1n) is 15.1. The lowest BCUT2D eigenvalue weighted by Gasteiger charge is -2.25. The summed E-state index contributed by atoms with van der Waals surface area (Å²) in [5.74, 6) is 0.748. The summed E-state index contributed by atoms with van der Waals surface area (Å²) in [4.78, 5) is 0. The van der Waals surface area contributed by atoms with Gasteiger partial charge >= 0.3 is 0 Å². The second kappa shape index (κ2) is 9.72. The van der Waals surface area contributed by atoms with E-state index >= 15 is 0 Å². The minimum Gasteiger partial charge on any atom is -0.483 e. The third-order valence-electron chi connectivity index (χ3n) is 9.37. The summed E-state index contributed by atoms with van der Waals surface area (Å²) in [6.45, 7) is 0. The average molecular weight is 601 g/mol. The zero-order valence-electron chi connectivity index (χ0n) is 24.6. The molecule has 1 aliphatic carbocycles. The number of rotatable bonds is 2. The number of benzene rings is 5. The molecule has 0 amide bonds. The minimum atomic E-state index is -0.301. The van der Waals surface area contributed by atoms with E-state index < -0.39 is 0 Å². The van der Waals surface area contributed by atoms with E-state index in [1.54, 1.807) is 0 Å². The fourth-order valence-electron chi connectivity index (χ4n) is 7.32. The highest BCUT2D eigenvalue weighted by atomic mass is 16.5. The molecule has 0 saturated heterocycles. The summed E-state index contributed by atoms with van der Waals surface area (Å²) in [7, 11) is 0. The van der Waals surface area contributed by atoms with Crippen LogP contribution in [0, 0.1) is 45.3 Å². The summed E-state index contributed by atoms with van der Waals surface area (Å²) < 4.78 is 11.1. The summed E-state index contributed by atoms with van der Waals surface area (Å²) in [5.41, 5.74) is 9.00. The monoisotopic (exact) mass is 600 g/mol. The first-order valence-corrected chi connectivity index (χ1v) is 15.1. The summed E-state index contributed by atoms with van der Waals surface area (Å²) in [6, 6.07) is 37.9. The maximum atomic E-state index is 9.63. The van der Waals surface area contributed by atoms with Crippen LogP contribution in [0.4, 0.5) is 0 Å². The Morgan fingerprint density at radius 1 is 0.532 bits per heavy atom. The van der Waals surface area contributed by atoms with Gasteiger partial charge in [0.05, 0.1) is 74.3 Å². The molecule has 216 valence electrons. The number of nitrogens with zero attached hydrogens (tertiary/aromatic N) is 6. The first-order chi connectivity index (χ1) is 23.1. The largest absolute Gasteiger partial charge is 0.483 e. The predicted molar refractivity (Wildman–Crippen MR) is 180 cm³/mol. The van der Waals surface area contributed by atoms with E-state index in [4.69, 9.17) is 4.74 Å². The van der Waals surface area contributed by atoms with Crippen molar-refractivity contribution in [3.05, 3.63) is 137 Å². The second-order valence-electron chi connectivity index (χ2n) is 11.8. The number of aromatic nitrogens is 2. The molecule has 47 heavy (non-hydrogen) atoms. The Kier molecular flexibility index (Phi) is 5.45. The third kappa shape index (κ3) is 3.69. The first kappa shape index (κ1) is 26.4. The van der Waals surface area contributed by atoms with Crippen LogP contribution < -0.4 is 4.74 Å². The third-order valence-corrected chi connectivity index (χ3v) is 9.37. The average Bonchev–Trinajstić information content (AvgIpc) is 3.77. The van der Waals surface area contributed by atoms with Crippen LogP contribution >= 0.6 is 0 Å². The lowest BCUT2D eigenvalue weighted by atomic mass is 9.89. The number of ether oxygens (including phenoxy) is 1.